The number of aliphatic hydroxyl groups is 1. The summed E-state index contributed by atoms with van der Waals surface area (Å²) in [6.07, 6.45) is 1.80. The maximum atomic E-state index is 14.4. The highest BCUT2D eigenvalue weighted by atomic mass is 32.2. The number of hydrogen-bond acceptors (Lipinski definition) is 10. The largest absolute Gasteiger partial charge is 0.494 e. The number of nitrogens with zero attached hydrogens (tertiary/aromatic N) is 7. The fraction of sp³-hybridized carbons (Fsp3) is 0.455. The molecule has 1 fully saturated rings. The second-order valence-electron chi connectivity index (χ2n) is 9.59. The monoisotopic (exact) mass is 518 g/mol. The smallest absolute Gasteiger partial charge is 0.223 e. The van der Waals surface area contributed by atoms with Gasteiger partial charge >= 0.3 is 0 Å². The topological polar surface area (TPSA) is 154 Å². The molecular weight excluding hydrogens is 491 g/mol. The molecule has 3 N–H and O–H groups in total. The first-order valence-electron chi connectivity index (χ1n) is 11.3. The van der Waals surface area contributed by atoms with Gasteiger partial charge in [-0.1, -0.05) is 0 Å². The van der Waals surface area contributed by atoms with E-state index in [9.17, 15) is 17.9 Å². The molecule has 1 saturated heterocycles. The Kier molecular flexibility index (Phi) is 5.55. The maximum Gasteiger partial charge on any atom is 0.223 e. The van der Waals surface area contributed by atoms with Gasteiger partial charge in [-0.25, -0.2) is 22.8 Å². The summed E-state index contributed by atoms with van der Waals surface area (Å²) in [6, 6.07) is 2.62. The summed E-state index contributed by atoms with van der Waals surface area (Å²) in [7, 11) is -2.24. The van der Waals surface area contributed by atoms with E-state index in [4.69, 9.17) is 10.5 Å². The third kappa shape index (κ3) is 4.19. The van der Waals surface area contributed by atoms with Gasteiger partial charge in [-0.3, -0.25) is 4.68 Å². The van der Waals surface area contributed by atoms with Crippen molar-refractivity contribution in [3.8, 4) is 5.75 Å². The van der Waals surface area contributed by atoms with E-state index in [-0.39, 0.29) is 48.6 Å². The lowest BCUT2D eigenvalue weighted by molar-refractivity contribution is 0.0577. The summed E-state index contributed by atoms with van der Waals surface area (Å²) in [5.41, 5.74) is 7.15. The van der Waals surface area contributed by atoms with Crippen molar-refractivity contribution in [3.05, 3.63) is 35.7 Å². The molecule has 0 aliphatic carbocycles. The van der Waals surface area contributed by atoms with Gasteiger partial charge in [-0.05, 0) is 26.8 Å². The number of sulfone groups is 1. The van der Waals surface area contributed by atoms with Gasteiger partial charge in [0.15, 0.2) is 32.9 Å². The molecule has 1 aliphatic heterocycles. The number of anilines is 2. The number of aromatic nitrogens is 6. The van der Waals surface area contributed by atoms with Crippen LogP contribution in [0, 0.1) is 12.7 Å². The SMILES string of the molecule is COc1cc2nc(N)n3nc([C@@H]4CN(c5cn(CC(C)(C)O)nc5C)CCS4(=O)=O)nc3c2cc1F. The molecule has 4 heterocycles. The first-order valence-corrected chi connectivity index (χ1v) is 13.0. The summed E-state index contributed by atoms with van der Waals surface area (Å²) in [5, 5.41) is 18.3. The molecule has 0 radical (unpaired) electrons. The van der Waals surface area contributed by atoms with Crippen LogP contribution in [0.4, 0.5) is 16.0 Å². The molecule has 1 aliphatic rings. The number of ether oxygens (including phenoxy) is 1. The van der Waals surface area contributed by atoms with Gasteiger partial charge in [0, 0.05) is 30.7 Å². The van der Waals surface area contributed by atoms with Crippen LogP contribution in [0.1, 0.15) is 30.6 Å². The molecule has 0 unspecified atom stereocenters. The Labute approximate surface area is 206 Å². The normalized spacial score (nSPS) is 18.3. The molecule has 0 spiro atoms. The third-order valence-corrected chi connectivity index (χ3v) is 8.13. The molecule has 0 bridgehead atoms. The van der Waals surface area contributed by atoms with Crippen molar-refractivity contribution in [1.29, 1.82) is 0 Å². The number of fused-ring (bicyclic) bond motifs is 3. The van der Waals surface area contributed by atoms with Gasteiger partial charge in [0.1, 0.15) is 5.25 Å². The molecular formula is C22H27FN8O4S. The Morgan fingerprint density at radius 2 is 2.03 bits per heavy atom. The van der Waals surface area contributed by atoms with Crippen LogP contribution in [0.2, 0.25) is 0 Å². The van der Waals surface area contributed by atoms with E-state index in [0.29, 0.717) is 16.6 Å². The molecule has 1 aromatic carbocycles. The standard InChI is InChI=1S/C22H27FN8O4S/c1-12-16(9-30(27-12)11-22(2,3)32)29-5-6-36(33,34)18(10-29)19-26-20-13-7-14(23)17(35-4)8-15(13)25-21(24)31(20)28-19/h7-9,18,32H,5-6,10-11H2,1-4H3,(H2,24,25)/t18-/m0/s1. The van der Waals surface area contributed by atoms with Crippen molar-refractivity contribution in [3.63, 3.8) is 0 Å². The molecule has 192 valence electrons. The van der Waals surface area contributed by atoms with Crippen molar-refractivity contribution in [2.24, 2.45) is 0 Å². The van der Waals surface area contributed by atoms with Crippen LogP contribution in [0.5, 0.6) is 5.75 Å². The minimum atomic E-state index is -3.59. The van der Waals surface area contributed by atoms with Crippen LogP contribution in [0.15, 0.2) is 18.3 Å². The number of methoxy groups -OCH3 is 1. The zero-order valence-corrected chi connectivity index (χ0v) is 21.1. The van der Waals surface area contributed by atoms with E-state index < -0.39 is 26.5 Å². The number of aryl methyl sites for hydroxylation is 1. The molecule has 1 atom stereocenters. The number of nitrogen functional groups attached to an aromatic ring is 1. The second kappa shape index (κ2) is 8.27. The Balaban J connectivity index is 1.55. The minimum absolute atomic E-state index is 0.00416. The number of hydrogen-bond donors (Lipinski definition) is 2. The molecule has 12 nitrogen and oxygen atoms in total. The van der Waals surface area contributed by atoms with Crippen LogP contribution in [0.25, 0.3) is 16.6 Å². The zero-order valence-electron chi connectivity index (χ0n) is 20.3. The minimum Gasteiger partial charge on any atom is -0.494 e. The third-order valence-electron chi connectivity index (χ3n) is 6.15. The Bertz CT molecular complexity index is 1590. The van der Waals surface area contributed by atoms with Gasteiger partial charge in [-0.2, -0.15) is 9.61 Å². The van der Waals surface area contributed by atoms with Gasteiger partial charge in [0.2, 0.25) is 5.95 Å². The Morgan fingerprint density at radius 1 is 1.28 bits per heavy atom. The van der Waals surface area contributed by atoms with Gasteiger partial charge in [0.05, 0.1) is 41.9 Å². The van der Waals surface area contributed by atoms with Crippen molar-refractivity contribution in [2.45, 2.75) is 38.2 Å². The van der Waals surface area contributed by atoms with Crippen molar-refractivity contribution < 1.29 is 22.7 Å². The number of nitrogens with two attached hydrogens (primary N) is 1. The van der Waals surface area contributed by atoms with Crippen LogP contribution >= 0.6 is 0 Å². The lowest BCUT2D eigenvalue weighted by Crippen LogP contribution is -2.43. The van der Waals surface area contributed by atoms with Crippen LogP contribution < -0.4 is 15.4 Å². The Morgan fingerprint density at radius 3 is 2.72 bits per heavy atom. The van der Waals surface area contributed by atoms with E-state index >= 15 is 0 Å². The maximum absolute atomic E-state index is 14.4. The molecule has 3 aromatic heterocycles. The Hall–Kier alpha value is -3.52. The van der Waals surface area contributed by atoms with E-state index in [1.807, 2.05) is 11.8 Å². The van der Waals surface area contributed by atoms with Gasteiger partial charge in [0.25, 0.3) is 0 Å². The van der Waals surface area contributed by atoms with E-state index in [1.165, 1.54) is 23.8 Å². The van der Waals surface area contributed by atoms with Gasteiger partial charge < -0.3 is 20.5 Å². The highest BCUT2D eigenvalue weighted by molar-refractivity contribution is 7.91. The van der Waals surface area contributed by atoms with Crippen LogP contribution in [-0.4, -0.2) is 74.4 Å². The molecule has 4 aromatic rings. The fourth-order valence-electron chi connectivity index (χ4n) is 4.48. The van der Waals surface area contributed by atoms with E-state index in [0.717, 1.165) is 5.69 Å². The highest BCUT2D eigenvalue weighted by Gasteiger charge is 2.38. The first-order chi connectivity index (χ1) is 16.9. The average molecular weight is 519 g/mol. The van der Waals surface area contributed by atoms with Crippen LogP contribution in [0.3, 0.4) is 0 Å². The van der Waals surface area contributed by atoms with Crippen molar-refractivity contribution in [2.75, 3.05) is 36.6 Å². The molecule has 14 heteroatoms. The molecule has 5 rings (SSSR count). The predicted octanol–water partition coefficient (Wildman–Crippen LogP) is 1.26. The lowest BCUT2D eigenvalue weighted by Gasteiger charge is -2.32. The predicted molar refractivity (Wildman–Crippen MR) is 131 cm³/mol. The van der Waals surface area contributed by atoms with E-state index in [2.05, 4.69) is 20.2 Å². The number of halogens is 1. The molecule has 0 saturated carbocycles. The summed E-state index contributed by atoms with van der Waals surface area (Å²) in [4.78, 5) is 10.7. The summed E-state index contributed by atoms with van der Waals surface area (Å²) in [5.74, 6) is -0.677. The first kappa shape index (κ1) is 24.2. The summed E-state index contributed by atoms with van der Waals surface area (Å²) < 4.78 is 48.6. The number of rotatable bonds is 5. The molecule has 0 amide bonds. The lowest BCUT2D eigenvalue weighted by atomic mass is 10.1. The van der Waals surface area contributed by atoms with Gasteiger partial charge in [-0.15, -0.1) is 5.10 Å². The summed E-state index contributed by atoms with van der Waals surface area (Å²) in [6.45, 7) is 5.88. The average Bonchev–Trinajstić information content (AvgIpc) is 3.37. The van der Waals surface area contributed by atoms with Crippen molar-refractivity contribution in [1.82, 2.24) is 29.4 Å². The van der Waals surface area contributed by atoms with E-state index in [1.54, 1.807) is 24.7 Å². The number of benzene rings is 1. The summed E-state index contributed by atoms with van der Waals surface area (Å²) >= 11 is 0. The quantitative estimate of drug-likeness (QED) is 0.395. The zero-order chi connectivity index (χ0) is 26.0. The van der Waals surface area contributed by atoms with Crippen LogP contribution in [-0.2, 0) is 16.4 Å². The highest BCUT2D eigenvalue weighted by Crippen LogP contribution is 2.33. The second-order valence-corrected chi connectivity index (χ2v) is 11.9. The van der Waals surface area contributed by atoms with Crippen molar-refractivity contribution >= 4 is 38.0 Å². The molecule has 36 heavy (non-hydrogen) atoms. The fourth-order valence-corrected chi connectivity index (χ4v) is 6.07.